The van der Waals surface area contributed by atoms with Crippen molar-refractivity contribution in [2.45, 2.75) is 51.6 Å². The van der Waals surface area contributed by atoms with Crippen LogP contribution in [-0.2, 0) is 16.7 Å². The van der Waals surface area contributed by atoms with Crippen molar-refractivity contribution in [1.29, 1.82) is 0 Å². The highest BCUT2D eigenvalue weighted by molar-refractivity contribution is 14.0. The zero-order chi connectivity index (χ0) is 18.3. The van der Waals surface area contributed by atoms with Crippen LogP contribution in [0.2, 0.25) is 0 Å². The molecular formula is C18H34IN5OS. The number of thiazole rings is 1. The highest BCUT2D eigenvalue weighted by Crippen LogP contribution is 2.23. The van der Waals surface area contributed by atoms with E-state index >= 15 is 0 Å². The number of piperidine rings is 1. The van der Waals surface area contributed by atoms with Crippen molar-refractivity contribution in [3.63, 3.8) is 0 Å². The standard InChI is InChI=1S/C18H33N5OS.HI/c1-18(2,3)15-13-25-16(22-15)12-20-17(19-4)21-14-6-8-23(9-7-14)10-11-24-5;/h13-14H,6-12H2,1-5H3,(H2,19,20,21);1H. The number of likely N-dealkylation sites (tertiary alicyclic amines) is 1. The Hall–Kier alpha value is -0.450. The summed E-state index contributed by atoms with van der Waals surface area (Å²) in [5, 5.41) is 10.2. The molecule has 0 spiro atoms. The number of hydrogen-bond acceptors (Lipinski definition) is 5. The van der Waals surface area contributed by atoms with Crippen LogP contribution >= 0.6 is 35.3 Å². The number of nitrogens with zero attached hydrogens (tertiary/aromatic N) is 3. The minimum absolute atomic E-state index is 0. The smallest absolute Gasteiger partial charge is 0.191 e. The number of guanidine groups is 1. The average Bonchev–Trinajstić information content (AvgIpc) is 3.07. The molecule has 1 aromatic heterocycles. The lowest BCUT2D eigenvalue weighted by Gasteiger charge is -2.32. The second-order valence-electron chi connectivity index (χ2n) is 7.56. The van der Waals surface area contributed by atoms with Crippen molar-refractivity contribution >= 4 is 41.3 Å². The molecule has 0 aliphatic carbocycles. The SMILES string of the molecule is CN=C(NCc1nc(C(C)(C)C)cs1)NC1CCN(CCOC)CC1.I. The summed E-state index contributed by atoms with van der Waals surface area (Å²) in [5.41, 5.74) is 1.26. The molecule has 0 aromatic carbocycles. The van der Waals surface area contributed by atoms with Gasteiger partial charge < -0.3 is 20.3 Å². The Morgan fingerprint density at radius 1 is 1.38 bits per heavy atom. The highest BCUT2D eigenvalue weighted by atomic mass is 127. The molecule has 1 aliphatic rings. The molecule has 0 saturated carbocycles. The van der Waals surface area contributed by atoms with Gasteiger partial charge in [-0.15, -0.1) is 35.3 Å². The Kier molecular flexibility index (Phi) is 10.3. The lowest BCUT2D eigenvalue weighted by atomic mass is 9.93. The molecule has 1 fully saturated rings. The van der Waals surface area contributed by atoms with Crippen molar-refractivity contribution in [1.82, 2.24) is 20.5 Å². The summed E-state index contributed by atoms with van der Waals surface area (Å²) in [6, 6.07) is 0.478. The monoisotopic (exact) mass is 495 g/mol. The third-order valence-electron chi connectivity index (χ3n) is 4.49. The number of ether oxygens (including phenoxy) is 1. The molecule has 0 amide bonds. The first-order valence-electron chi connectivity index (χ1n) is 9.05. The summed E-state index contributed by atoms with van der Waals surface area (Å²) in [6.45, 7) is 11.4. The number of rotatable bonds is 6. The third-order valence-corrected chi connectivity index (χ3v) is 5.34. The Morgan fingerprint density at radius 3 is 2.62 bits per heavy atom. The fourth-order valence-corrected chi connectivity index (χ4v) is 3.77. The van der Waals surface area contributed by atoms with Gasteiger partial charge in [-0.2, -0.15) is 0 Å². The molecule has 150 valence electrons. The molecule has 1 aromatic rings. The van der Waals surface area contributed by atoms with Gasteiger partial charge in [-0.25, -0.2) is 4.98 Å². The minimum atomic E-state index is 0. The Morgan fingerprint density at radius 2 is 2.08 bits per heavy atom. The number of nitrogens with one attached hydrogen (secondary N) is 2. The van der Waals surface area contributed by atoms with Gasteiger partial charge in [-0.1, -0.05) is 20.8 Å². The second-order valence-corrected chi connectivity index (χ2v) is 8.50. The van der Waals surface area contributed by atoms with E-state index in [1.165, 1.54) is 0 Å². The van der Waals surface area contributed by atoms with Crippen molar-refractivity contribution in [3.05, 3.63) is 16.1 Å². The minimum Gasteiger partial charge on any atom is -0.383 e. The van der Waals surface area contributed by atoms with Gasteiger partial charge in [0.15, 0.2) is 5.96 Å². The zero-order valence-electron chi connectivity index (χ0n) is 16.7. The first kappa shape index (κ1) is 23.6. The number of methoxy groups -OCH3 is 1. The van der Waals surface area contributed by atoms with Crippen LogP contribution < -0.4 is 10.6 Å². The summed E-state index contributed by atoms with van der Waals surface area (Å²) in [7, 11) is 3.59. The van der Waals surface area contributed by atoms with Crippen LogP contribution in [0.4, 0.5) is 0 Å². The van der Waals surface area contributed by atoms with Gasteiger partial charge in [-0.3, -0.25) is 4.99 Å². The van der Waals surface area contributed by atoms with E-state index in [4.69, 9.17) is 9.72 Å². The van der Waals surface area contributed by atoms with E-state index in [1.54, 1.807) is 18.4 Å². The molecule has 8 heteroatoms. The molecule has 0 radical (unpaired) electrons. The normalized spacial score (nSPS) is 17.0. The second kappa shape index (κ2) is 11.4. The Labute approximate surface area is 179 Å². The van der Waals surface area contributed by atoms with Crippen LogP contribution in [-0.4, -0.2) is 62.3 Å². The molecule has 2 rings (SSSR count). The Bertz CT molecular complexity index is 550. The first-order chi connectivity index (χ1) is 11.9. The van der Waals surface area contributed by atoms with E-state index < -0.39 is 0 Å². The molecule has 1 saturated heterocycles. The van der Waals surface area contributed by atoms with Crippen LogP contribution in [0, 0.1) is 0 Å². The maximum atomic E-state index is 5.16. The maximum absolute atomic E-state index is 5.16. The quantitative estimate of drug-likeness (QED) is 0.361. The summed E-state index contributed by atoms with van der Waals surface area (Å²) >= 11 is 1.71. The molecular weight excluding hydrogens is 461 g/mol. The lowest BCUT2D eigenvalue weighted by molar-refractivity contribution is 0.128. The summed E-state index contributed by atoms with van der Waals surface area (Å²) in [4.78, 5) is 11.5. The lowest BCUT2D eigenvalue weighted by Crippen LogP contribution is -2.48. The Balaban J connectivity index is 0.00000338. The van der Waals surface area contributed by atoms with Crippen molar-refractivity contribution in [3.8, 4) is 0 Å². The van der Waals surface area contributed by atoms with E-state index in [1.807, 2.05) is 7.05 Å². The number of aromatic nitrogens is 1. The van der Waals surface area contributed by atoms with Crippen LogP contribution in [0.3, 0.4) is 0 Å². The summed E-state index contributed by atoms with van der Waals surface area (Å²) in [6.07, 6.45) is 2.27. The predicted octanol–water partition coefficient (Wildman–Crippen LogP) is 2.83. The summed E-state index contributed by atoms with van der Waals surface area (Å²) < 4.78 is 5.16. The first-order valence-corrected chi connectivity index (χ1v) is 9.93. The maximum Gasteiger partial charge on any atom is 0.191 e. The van der Waals surface area contributed by atoms with E-state index in [0.29, 0.717) is 12.6 Å². The van der Waals surface area contributed by atoms with E-state index in [2.05, 4.69) is 46.7 Å². The van der Waals surface area contributed by atoms with Crippen LogP contribution in [0.5, 0.6) is 0 Å². The molecule has 2 heterocycles. The van der Waals surface area contributed by atoms with Crippen LogP contribution in [0.15, 0.2) is 10.4 Å². The number of aliphatic imine (C=N–C) groups is 1. The van der Waals surface area contributed by atoms with Gasteiger partial charge in [0, 0.05) is 50.6 Å². The van der Waals surface area contributed by atoms with Crippen molar-refractivity contribution in [2.75, 3.05) is 40.4 Å². The fraction of sp³-hybridized carbons (Fsp3) is 0.778. The van der Waals surface area contributed by atoms with E-state index in [0.717, 1.165) is 55.7 Å². The van der Waals surface area contributed by atoms with Crippen molar-refractivity contribution in [2.24, 2.45) is 4.99 Å². The molecule has 26 heavy (non-hydrogen) atoms. The predicted molar refractivity (Wildman–Crippen MR) is 121 cm³/mol. The molecule has 2 N–H and O–H groups in total. The van der Waals surface area contributed by atoms with Gasteiger partial charge in [0.25, 0.3) is 0 Å². The largest absolute Gasteiger partial charge is 0.383 e. The van der Waals surface area contributed by atoms with Gasteiger partial charge in [0.05, 0.1) is 18.8 Å². The van der Waals surface area contributed by atoms with Gasteiger partial charge in [0.2, 0.25) is 0 Å². The van der Waals surface area contributed by atoms with Gasteiger partial charge in [0.1, 0.15) is 5.01 Å². The topological polar surface area (TPSA) is 61.8 Å². The molecule has 0 unspecified atom stereocenters. The molecule has 1 aliphatic heterocycles. The van der Waals surface area contributed by atoms with Crippen LogP contribution in [0.1, 0.15) is 44.3 Å². The van der Waals surface area contributed by atoms with Gasteiger partial charge >= 0.3 is 0 Å². The third kappa shape index (κ3) is 7.66. The van der Waals surface area contributed by atoms with E-state index in [-0.39, 0.29) is 29.4 Å². The molecule has 6 nitrogen and oxygen atoms in total. The highest BCUT2D eigenvalue weighted by Gasteiger charge is 2.20. The molecule has 0 bridgehead atoms. The molecule has 0 atom stereocenters. The fourth-order valence-electron chi connectivity index (χ4n) is 2.81. The van der Waals surface area contributed by atoms with Crippen molar-refractivity contribution < 1.29 is 4.74 Å². The van der Waals surface area contributed by atoms with E-state index in [9.17, 15) is 0 Å². The zero-order valence-corrected chi connectivity index (χ0v) is 19.8. The number of halogens is 1. The van der Waals surface area contributed by atoms with Crippen LogP contribution in [0.25, 0.3) is 0 Å². The van der Waals surface area contributed by atoms with Gasteiger partial charge in [-0.05, 0) is 12.8 Å². The average molecular weight is 495 g/mol. The number of hydrogen-bond donors (Lipinski definition) is 2. The summed E-state index contributed by atoms with van der Waals surface area (Å²) in [5.74, 6) is 0.864.